The van der Waals surface area contributed by atoms with Crippen molar-refractivity contribution in [2.75, 3.05) is 23.3 Å². The van der Waals surface area contributed by atoms with Gasteiger partial charge in [0, 0.05) is 29.3 Å². The Balaban J connectivity index is 1.29. The summed E-state index contributed by atoms with van der Waals surface area (Å²) >= 11 is 1.63. The molecule has 6 nitrogen and oxygen atoms in total. The zero-order valence-electron chi connectivity index (χ0n) is 17.7. The molecular weight excluding hydrogens is 408 g/mol. The van der Waals surface area contributed by atoms with Crippen molar-refractivity contribution < 1.29 is 4.79 Å². The number of nitrogens with zero attached hydrogens (tertiary/aromatic N) is 3. The Morgan fingerprint density at radius 1 is 1.00 bits per heavy atom. The number of anilines is 2. The Labute approximate surface area is 185 Å². The number of carbonyl (C=O) groups is 1. The van der Waals surface area contributed by atoms with Gasteiger partial charge in [0.2, 0.25) is 5.91 Å². The molecule has 5 rings (SSSR count). The number of thiophene rings is 1. The van der Waals surface area contributed by atoms with E-state index < -0.39 is 0 Å². The van der Waals surface area contributed by atoms with E-state index in [0.29, 0.717) is 0 Å². The van der Waals surface area contributed by atoms with E-state index in [4.69, 9.17) is 0 Å². The summed E-state index contributed by atoms with van der Waals surface area (Å²) in [6, 6.07) is 8.02. The molecule has 1 N–H and O–H groups in total. The lowest BCUT2D eigenvalue weighted by Crippen LogP contribution is -2.28. The minimum absolute atomic E-state index is 0.0275. The standard InChI is InChI=1S/C24H28N4O2S/c29-21(26-17-9-11-18(12-10-17)27-13-5-1-2-6-14-27)15-28-16-25-23-22(24(28)30)19-7-3-4-8-20(19)31-23/h9-12,16H,1-8,13-15H2,(H,26,29). The largest absolute Gasteiger partial charge is 0.372 e. The monoisotopic (exact) mass is 436 g/mol. The quantitative estimate of drug-likeness (QED) is 0.660. The van der Waals surface area contributed by atoms with Gasteiger partial charge in [0.05, 0.1) is 11.7 Å². The second kappa shape index (κ2) is 8.83. The number of aryl methyl sites for hydroxylation is 2. The van der Waals surface area contributed by atoms with Crippen molar-refractivity contribution in [1.29, 1.82) is 0 Å². The van der Waals surface area contributed by atoms with E-state index in [0.717, 1.165) is 53.8 Å². The summed E-state index contributed by atoms with van der Waals surface area (Å²) in [5.74, 6) is -0.213. The first kappa shape index (κ1) is 20.2. The summed E-state index contributed by atoms with van der Waals surface area (Å²) < 4.78 is 1.44. The molecule has 0 radical (unpaired) electrons. The number of fused-ring (bicyclic) bond motifs is 3. The average molecular weight is 437 g/mol. The molecule has 0 spiro atoms. The van der Waals surface area contributed by atoms with Crippen molar-refractivity contribution in [1.82, 2.24) is 9.55 Å². The second-order valence-corrected chi connectivity index (χ2v) is 9.65. The topological polar surface area (TPSA) is 67.2 Å². The Bertz CT molecular complexity index is 1140. The van der Waals surface area contributed by atoms with Crippen LogP contribution in [0.1, 0.15) is 49.0 Å². The number of benzene rings is 1. The van der Waals surface area contributed by atoms with Crippen LogP contribution in [0.2, 0.25) is 0 Å². The van der Waals surface area contributed by atoms with Gasteiger partial charge in [-0.25, -0.2) is 4.98 Å². The van der Waals surface area contributed by atoms with Gasteiger partial charge < -0.3 is 10.2 Å². The van der Waals surface area contributed by atoms with Crippen LogP contribution in [0.4, 0.5) is 11.4 Å². The summed E-state index contributed by atoms with van der Waals surface area (Å²) in [6.45, 7) is 2.16. The van der Waals surface area contributed by atoms with Crippen molar-refractivity contribution in [2.45, 2.75) is 57.9 Å². The fourth-order valence-electron chi connectivity index (χ4n) is 4.73. The lowest BCUT2D eigenvalue weighted by molar-refractivity contribution is -0.116. The van der Waals surface area contributed by atoms with Crippen LogP contribution < -0.4 is 15.8 Å². The number of rotatable bonds is 4. The Morgan fingerprint density at radius 2 is 1.74 bits per heavy atom. The SMILES string of the molecule is O=C(Cn1cnc2sc3c(c2c1=O)CCCC3)Nc1ccc(N2CCCCCC2)cc1. The van der Waals surface area contributed by atoms with Crippen molar-refractivity contribution >= 4 is 38.8 Å². The van der Waals surface area contributed by atoms with Crippen LogP contribution in [0, 0.1) is 0 Å². The maximum absolute atomic E-state index is 13.0. The summed E-state index contributed by atoms with van der Waals surface area (Å²) in [4.78, 5) is 34.6. The highest BCUT2D eigenvalue weighted by Crippen LogP contribution is 2.33. The van der Waals surface area contributed by atoms with E-state index in [9.17, 15) is 9.59 Å². The van der Waals surface area contributed by atoms with E-state index in [-0.39, 0.29) is 18.0 Å². The van der Waals surface area contributed by atoms with Gasteiger partial charge in [-0.15, -0.1) is 11.3 Å². The maximum Gasteiger partial charge on any atom is 0.262 e. The molecule has 0 atom stereocenters. The second-order valence-electron chi connectivity index (χ2n) is 8.56. The Morgan fingerprint density at radius 3 is 2.52 bits per heavy atom. The molecule has 1 saturated heterocycles. The zero-order valence-corrected chi connectivity index (χ0v) is 18.5. The van der Waals surface area contributed by atoms with Crippen molar-refractivity contribution in [3.05, 3.63) is 51.4 Å². The fourth-order valence-corrected chi connectivity index (χ4v) is 5.95. The third-order valence-electron chi connectivity index (χ3n) is 6.38. The molecule has 1 aliphatic carbocycles. The number of carbonyl (C=O) groups excluding carboxylic acids is 1. The first-order chi connectivity index (χ1) is 15.2. The molecule has 2 aromatic heterocycles. The van der Waals surface area contributed by atoms with Gasteiger partial charge in [-0.3, -0.25) is 14.2 Å². The number of hydrogen-bond donors (Lipinski definition) is 1. The van der Waals surface area contributed by atoms with Crippen LogP contribution in [0.25, 0.3) is 10.2 Å². The van der Waals surface area contributed by atoms with Crippen LogP contribution in [0.15, 0.2) is 35.4 Å². The normalized spacial score (nSPS) is 16.7. The average Bonchev–Trinajstić information content (AvgIpc) is 2.95. The molecule has 1 aliphatic heterocycles. The van der Waals surface area contributed by atoms with E-state index in [1.54, 1.807) is 11.3 Å². The van der Waals surface area contributed by atoms with E-state index in [1.165, 1.54) is 53.6 Å². The van der Waals surface area contributed by atoms with Crippen LogP contribution in [0.3, 0.4) is 0 Å². The Hall–Kier alpha value is -2.67. The number of hydrogen-bond acceptors (Lipinski definition) is 5. The number of amides is 1. The Kier molecular flexibility index (Phi) is 5.76. The maximum atomic E-state index is 13.0. The minimum Gasteiger partial charge on any atom is -0.372 e. The molecule has 0 unspecified atom stereocenters. The highest BCUT2D eigenvalue weighted by atomic mass is 32.1. The molecule has 1 fully saturated rings. The molecule has 3 heterocycles. The van der Waals surface area contributed by atoms with Gasteiger partial charge in [-0.1, -0.05) is 12.8 Å². The van der Waals surface area contributed by atoms with Crippen LogP contribution in [0.5, 0.6) is 0 Å². The molecule has 162 valence electrons. The van der Waals surface area contributed by atoms with E-state index in [2.05, 4.69) is 27.3 Å². The molecule has 0 saturated carbocycles. The van der Waals surface area contributed by atoms with Gasteiger partial charge in [-0.2, -0.15) is 0 Å². The van der Waals surface area contributed by atoms with Crippen molar-refractivity contribution in [3.8, 4) is 0 Å². The highest BCUT2D eigenvalue weighted by molar-refractivity contribution is 7.18. The third kappa shape index (κ3) is 4.24. The fraction of sp³-hybridized carbons (Fsp3) is 0.458. The van der Waals surface area contributed by atoms with Gasteiger partial charge in [0.15, 0.2) is 0 Å². The minimum atomic E-state index is -0.213. The molecule has 7 heteroatoms. The van der Waals surface area contributed by atoms with Crippen LogP contribution in [-0.2, 0) is 24.2 Å². The summed E-state index contributed by atoms with van der Waals surface area (Å²) in [7, 11) is 0. The van der Waals surface area contributed by atoms with Crippen molar-refractivity contribution in [3.63, 3.8) is 0 Å². The predicted octanol–water partition coefficient (Wildman–Crippen LogP) is 4.36. The molecule has 31 heavy (non-hydrogen) atoms. The zero-order chi connectivity index (χ0) is 21.2. The molecule has 0 bridgehead atoms. The lowest BCUT2D eigenvalue weighted by atomic mass is 9.97. The first-order valence-corrected chi connectivity index (χ1v) is 12.2. The third-order valence-corrected chi connectivity index (χ3v) is 7.58. The summed E-state index contributed by atoms with van der Waals surface area (Å²) in [6.07, 6.45) is 10.8. The summed E-state index contributed by atoms with van der Waals surface area (Å²) in [5.41, 5.74) is 3.00. The number of nitrogens with one attached hydrogen (secondary N) is 1. The predicted molar refractivity (Wildman–Crippen MR) is 126 cm³/mol. The molecular formula is C24H28N4O2S. The highest BCUT2D eigenvalue weighted by Gasteiger charge is 2.20. The number of aromatic nitrogens is 2. The van der Waals surface area contributed by atoms with Gasteiger partial charge >= 0.3 is 0 Å². The van der Waals surface area contributed by atoms with Gasteiger partial charge in [0.1, 0.15) is 11.4 Å². The van der Waals surface area contributed by atoms with Crippen molar-refractivity contribution in [2.24, 2.45) is 0 Å². The lowest BCUT2D eigenvalue weighted by Gasteiger charge is -2.22. The summed E-state index contributed by atoms with van der Waals surface area (Å²) in [5, 5.41) is 3.64. The molecule has 3 aromatic rings. The molecule has 1 amide bonds. The smallest absolute Gasteiger partial charge is 0.262 e. The first-order valence-electron chi connectivity index (χ1n) is 11.3. The van der Waals surface area contributed by atoms with Crippen LogP contribution in [-0.4, -0.2) is 28.5 Å². The van der Waals surface area contributed by atoms with Gasteiger partial charge in [-0.05, 0) is 68.4 Å². The molecule has 2 aliphatic rings. The van der Waals surface area contributed by atoms with E-state index in [1.807, 2.05) is 12.1 Å². The van der Waals surface area contributed by atoms with Gasteiger partial charge in [0.25, 0.3) is 5.56 Å². The van der Waals surface area contributed by atoms with Crippen LogP contribution >= 0.6 is 11.3 Å². The van der Waals surface area contributed by atoms with E-state index >= 15 is 0 Å². The molecule has 1 aromatic carbocycles.